The Bertz CT molecular complexity index is 303. The summed E-state index contributed by atoms with van der Waals surface area (Å²) >= 11 is 0. The molecule has 0 bridgehead atoms. The van der Waals surface area contributed by atoms with Crippen LogP contribution in [0.15, 0.2) is 37.0 Å². The molecule has 0 amide bonds. The zero-order valence-corrected chi connectivity index (χ0v) is 7.41. The maximum absolute atomic E-state index is 11.0. The van der Waals surface area contributed by atoms with E-state index in [1.165, 1.54) is 7.11 Å². The zero-order chi connectivity index (χ0) is 9.68. The van der Waals surface area contributed by atoms with Gasteiger partial charge in [-0.15, -0.1) is 0 Å². The molecule has 0 atom stereocenters. The van der Waals surface area contributed by atoms with E-state index in [9.17, 15) is 4.79 Å². The molecule has 3 heteroatoms. The lowest BCUT2D eigenvalue weighted by Crippen LogP contribution is -2.00. The van der Waals surface area contributed by atoms with Gasteiger partial charge in [0, 0.05) is 5.69 Å². The molecule has 3 nitrogen and oxygen atoms in total. The Morgan fingerprint density at radius 3 is 2.54 bits per heavy atom. The first-order valence-corrected chi connectivity index (χ1v) is 3.83. The predicted molar refractivity (Wildman–Crippen MR) is 51.6 cm³/mol. The highest BCUT2D eigenvalue weighted by Gasteiger charge is 2.02. The van der Waals surface area contributed by atoms with Gasteiger partial charge in [-0.3, -0.25) is 0 Å². The van der Waals surface area contributed by atoms with Gasteiger partial charge in [-0.05, 0) is 30.5 Å². The summed E-state index contributed by atoms with van der Waals surface area (Å²) < 4.78 is 4.56. The summed E-state index contributed by atoms with van der Waals surface area (Å²) in [5.74, 6) is -0.329. The number of methoxy groups -OCH3 is 1. The first kappa shape index (κ1) is 9.32. The number of ether oxygens (including phenoxy) is 1. The van der Waals surface area contributed by atoms with Crippen LogP contribution in [0.25, 0.3) is 0 Å². The van der Waals surface area contributed by atoms with Crippen molar-refractivity contribution in [3.8, 4) is 0 Å². The van der Waals surface area contributed by atoms with Gasteiger partial charge < -0.3 is 10.1 Å². The average molecular weight is 177 g/mol. The molecule has 1 N–H and O–H groups in total. The summed E-state index contributed by atoms with van der Waals surface area (Å²) in [6.07, 6.45) is 1.58. The Balaban J connectivity index is 2.80. The molecule has 0 aliphatic carbocycles. The number of anilines is 1. The molecule has 1 aromatic carbocycles. The molecular weight excluding hydrogens is 166 g/mol. The normalized spacial score (nSPS) is 9.00. The third-order valence-corrected chi connectivity index (χ3v) is 1.57. The smallest absolute Gasteiger partial charge is 0.337 e. The summed E-state index contributed by atoms with van der Waals surface area (Å²) in [6, 6.07) is 6.96. The SMILES string of the molecule is C=CNc1ccc(C(=O)OC)cc1. The van der Waals surface area contributed by atoms with E-state index in [0.717, 1.165) is 5.69 Å². The monoisotopic (exact) mass is 177 g/mol. The van der Waals surface area contributed by atoms with Crippen LogP contribution in [0.3, 0.4) is 0 Å². The molecule has 0 aromatic heterocycles. The van der Waals surface area contributed by atoms with Gasteiger partial charge in [0.05, 0.1) is 12.7 Å². The van der Waals surface area contributed by atoms with Crippen molar-refractivity contribution in [2.45, 2.75) is 0 Å². The zero-order valence-electron chi connectivity index (χ0n) is 7.41. The Morgan fingerprint density at radius 1 is 1.46 bits per heavy atom. The van der Waals surface area contributed by atoms with Crippen molar-refractivity contribution in [1.29, 1.82) is 0 Å². The number of rotatable bonds is 3. The van der Waals surface area contributed by atoms with Crippen LogP contribution < -0.4 is 5.32 Å². The third kappa shape index (κ3) is 2.33. The highest BCUT2D eigenvalue weighted by molar-refractivity contribution is 5.89. The molecule has 0 heterocycles. The molecule has 0 radical (unpaired) electrons. The number of esters is 1. The van der Waals surface area contributed by atoms with E-state index in [1.54, 1.807) is 30.5 Å². The molecule has 0 unspecified atom stereocenters. The summed E-state index contributed by atoms with van der Waals surface area (Å²) in [5, 5.41) is 2.90. The summed E-state index contributed by atoms with van der Waals surface area (Å²) in [6.45, 7) is 3.53. The first-order chi connectivity index (χ1) is 6.27. The van der Waals surface area contributed by atoms with Crippen LogP contribution in [0, 0.1) is 0 Å². The molecule has 0 saturated heterocycles. The van der Waals surface area contributed by atoms with Gasteiger partial charge in [-0.25, -0.2) is 4.79 Å². The lowest BCUT2D eigenvalue weighted by molar-refractivity contribution is 0.0601. The maximum Gasteiger partial charge on any atom is 0.337 e. The molecule has 0 spiro atoms. The van der Waals surface area contributed by atoms with Crippen LogP contribution in [0.5, 0.6) is 0 Å². The fraction of sp³-hybridized carbons (Fsp3) is 0.100. The summed E-state index contributed by atoms with van der Waals surface area (Å²) in [5.41, 5.74) is 1.43. The van der Waals surface area contributed by atoms with Crippen LogP contribution in [-0.2, 0) is 4.74 Å². The van der Waals surface area contributed by atoms with E-state index in [4.69, 9.17) is 0 Å². The minimum absolute atomic E-state index is 0.329. The van der Waals surface area contributed by atoms with Gasteiger partial charge in [0.2, 0.25) is 0 Å². The Kier molecular flexibility index (Phi) is 3.09. The van der Waals surface area contributed by atoms with Crippen LogP contribution >= 0.6 is 0 Å². The van der Waals surface area contributed by atoms with E-state index in [2.05, 4.69) is 16.6 Å². The Hall–Kier alpha value is -1.77. The molecule has 0 saturated carbocycles. The fourth-order valence-electron chi connectivity index (χ4n) is 0.938. The highest BCUT2D eigenvalue weighted by atomic mass is 16.5. The van der Waals surface area contributed by atoms with Crippen LogP contribution in [0.4, 0.5) is 5.69 Å². The van der Waals surface area contributed by atoms with Crippen molar-refractivity contribution in [2.24, 2.45) is 0 Å². The summed E-state index contributed by atoms with van der Waals surface area (Å²) in [4.78, 5) is 11.0. The molecule has 0 aliphatic rings. The number of nitrogens with one attached hydrogen (secondary N) is 1. The predicted octanol–water partition coefficient (Wildman–Crippen LogP) is 2.03. The molecule has 68 valence electrons. The Morgan fingerprint density at radius 2 is 2.08 bits per heavy atom. The fourth-order valence-corrected chi connectivity index (χ4v) is 0.938. The van der Waals surface area contributed by atoms with Crippen molar-refractivity contribution in [2.75, 3.05) is 12.4 Å². The number of carbonyl (C=O) groups excluding carboxylic acids is 1. The lowest BCUT2D eigenvalue weighted by atomic mass is 10.2. The highest BCUT2D eigenvalue weighted by Crippen LogP contribution is 2.09. The average Bonchev–Trinajstić information content (AvgIpc) is 2.18. The van der Waals surface area contributed by atoms with E-state index in [0.29, 0.717) is 5.56 Å². The van der Waals surface area contributed by atoms with E-state index < -0.39 is 0 Å². The molecule has 0 fully saturated rings. The largest absolute Gasteiger partial charge is 0.465 e. The third-order valence-electron chi connectivity index (χ3n) is 1.57. The minimum Gasteiger partial charge on any atom is -0.465 e. The Labute approximate surface area is 77.0 Å². The van der Waals surface area contributed by atoms with Crippen molar-refractivity contribution in [3.63, 3.8) is 0 Å². The number of hydrogen-bond donors (Lipinski definition) is 1. The van der Waals surface area contributed by atoms with E-state index in [1.807, 2.05) is 0 Å². The first-order valence-electron chi connectivity index (χ1n) is 3.83. The second kappa shape index (κ2) is 4.30. The topological polar surface area (TPSA) is 38.3 Å². The molecular formula is C10H11NO2. The standard InChI is InChI=1S/C10H11NO2/c1-3-11-9-6-4-8(5-7-9)10(12)13-2/h3-7,11H,1H2,2H3. The van der Waals surface area contributed by atoms with Crippen molar-refractivity contribution >= 4 is 11.7 Å². The van der Waals surface area contributed by atoms with Crippen LogP contribution in [0.2, 0.25) is 0 Å². The van der Waals surface area contributed by atoms with Gasteiger partial charge in [0.15, 0.2) is 0 Å². The molecule has 13 heavy (non-hydrogen) atoms. The van der Waals surface area contributed by atoms with Crippen LogP contribution in [-0.4, -0.2) is 13.1 Å². The second-order valence-electron chi connectivity index (χ2n) is 2.42. The van der Waals surface area contributed by atoms with Crippen molar-refractivity contribution in [1.82, 2.24) is 0 Å². The van der Waals surface area contributed by atoms with Gasteiger partial charge >= 0.3 is 5.97 Å². The molecule has 0 aliphatic heterocycles. The quantitative estimate of drug-likeness (QED) is 0.718. The van der Waals surface area contributed by atoms with Gasteiger partial charge in [-0.2, -0.15) is 0 Å². The number of hydrogen-bond acceptors (Lipinski definition) is 3. The second-order valence-corrected chi connectivity index (χ2v) is 2.42. The van der Waals surface area contributed by atoms with Gasteiger partial charge in [0.25, 0.3) is 0 Å². The lowest BCUT2D eigenvalue weighted by Gasteiger charge is -2.01. The van der Waals surface area contributed by atoms with Crippen molar-refractivity contribution < 1.29 is 9.53 Å². The van der Waals surface area contributed by atoms with Gasteiger partial charge in [0.1, 0.15) is 0 Å². The van der Waals surface area contributed by atoms with E-state index >= 15 is 0 Å². The molecule has 1 aromatic rings. The number of carbonyl (C=O) groups is 1. The van der Waals surface area contributed by atoms with Crippen LogP contribution in [0.1, 0.15) is 10.4 Å². The minimum atomic E-state index is -0.329. The maximum atomic E-state index is 11.0. The van der Waals surface area contributed by atoms with E-state index in [-0.39, 0.29) is 5.97 Å². The van der Waals surface area contributed by atoms with Crippen molar-refractivity contribution in [3.05, 3.63) is 42.6 Å². The number of benzene rings is 1. The summed E-state index contributed by atoms with van der Waals surface area (Å²) in [7, 11) is 1.36. The molecule has 1 rings (SSSR count). The van der Waals surface area contributed by atoms with Gasteiger partial charge in [-0.1, -0.05) is 6.58 Å².